The molecule has 0 fully saturated rings. The zero-order chi connectivity index (χ0) is 14.8. The molecule has 21 heavy (non-hydrogen) atoms. The van der Waals surface area contributed by atoms with Crippen molar-refractivity contribution in [3.05, 3.63) is 57.2 Å². The van der Waals surface area contributed by atoms with Crippen LogP contribution in [0, 0.1) is 9.49 Å². The van der Waals surface area contributed by atoms with Crippen LogP contribution in [-0.4, -0.2) is 18.3 Å². The highest BCUT2D eigenvalue weighted by Gasteiger charge is 2.18. The lowest BCUT2D eigenvalue weighted by molar-refractivity contribution is 0.218. The van der Waals surface area contributed by atoms with E-state index in [2.05, 4.69) is 29.5 Å². The Morgan fingerprint density at radius 3 is 2.33 bits per heavy atom. The summed E-state index contributed by atoms with van der Waals surface area (Å²) in [6.45, 7) is 3.38. The van der Waals surface area contributed by atoms with Gasteiger partial charge >= 0.3 is 0 Å². The molecule has 0 saturated heterocycles. The van der Waals surface area contributed by atoms with Gasteiger partial charge in [0, 0.05) is 9.49 Å². The highest BCUT2D eigenvalue weighted by Crippen LogP contribution is 2.34. The Morgan fingerprint density at radius 1 is 1.00 bits per heavy atom. The summed E-state index contributed by atoms with van der Waals surface area (Å²) in [4.78, 5) is 0. The maximum atomic E-state index is 10.5. The summed E-state index contributed by atoms with van der Waals surface area (Å²) in [6, 6.07) is 13.5. The van der Waals surface area contributed by atoms with Gasteiger partial charge in [-0.1, -0.05) is 25.1 Å². The van der Waals surface area contributed by atoms with Gasteiger partial charge in [0.15, 0.2) is 11.5 Å². The number of hydrogen-bond acceptors (Lipinski definition) is 3. The third-order valence-corrected chi connectivity index (χ3v) is 4.24. The number of aliphatic hydroxyl groups excluding tert-OH is 1. The molecule has 1 aliphatic heterocycles. The van der Waals surface area contributed by atoms with Crippen molar-refractivity contribution in [3.8, 4) is 11.5 Å². The van der Waals surface area contributed by atoms with Crippen molar-refractivity contribution in [2.24, 2.45) is 5.92 Å². The summed E-state index contributed by atoms with van der Waals surface area (Å²) < 4.78 is 12.6. The van der Waals surface area contributed by atoms with Crippen LogP contribution in [0.25, 0.3) is 0 Å². The normalized spacial score (nSPS) is 18.9. The van der Waals surface area contributed by atoms with Gasteiger partial charge in [0.2, 0.25) is 0 Å². The Hall–Kier alpha value is -1.27. The first-order valence-electron chi connectivity index (χ1n) is 6.96. The van der Waals surface area contributed by atoms with E-state index in [0.717, 1.165) is 20.4 Å². The van der Waals surface area contributed by atoms with Crippen molar-refractivity contribution in [2.75, 3.05) is 13.2 Å². The molecule has 1 N–H and O–H groups in total. The van der Waals surface area contributed by atoms with E-state index in [4.69, 9.17) is 9.47 Å². The van der Waals surface area contributed by atoms with E-state index in [9.17, 15) is 5.11 Å². The van der Waals surface area contributed by atoms with Crippen LogP contribution in [-0.2, 0) is 0 Å². The molecule has 0 radical (unpaired) electrons. The van der Waals surface area contributed by atoms with Crippen molar-refractivity contribution in [1.82, 2.24) is 0 Å². The van der Waals surface area contributed by atoms with Crippen molar-refractivity contribution >= 4 is 22.6 Å². The lowest BCUT2D eigenvalue weighted by Gasteiger charge is -2.14. The molecule has 0 aromatic heterocycles. The monoisotopic (exact) mass is 396 g/mol. The summed E-state index contributed by atoms with van der Waals surface area (Å²) in [5.41, 5.74) is 1.69. The van der Waals surface area contributed by atoms with Gasteiger partial charge in [-0.2, -0.15) is 0 Å². The third kappa shape index (κ3) is 3.32. The molecule has 110 valence electrons. The predicted molar refractivity (Wildman–Crippen MR) is 89.8 cm³/mol. The quantitative estimate of drug-likeness (QED) is 0.786. The van der Waals surface area contributed by atoms with Crippen LogP contribution in [0.5, 0.6) is 11.5 Å². The van der Waals surface area contributed by atoms with Crippen LogP contribution in [0.3, 0.4) is 0 Å². The fourth-order valence-corrected chi connectivity index (χ4v) is 2.64. The standard InChI is InChI=1S/C17H17IO3/c1-11-9-20-15-7-4-13(8-16(15)21-10-11)17(19)12-2-5-14(18)6-3-12/h2-8,11,17,19H,9-10H2,1H3. The maximum Gasteiger partial charge on any atom is 0.161 e. The zero-order valence-electron chi connectivity index (χ0n) is 11.8. The van der Waals surface area contributed by atoms with Crippen molar-refractivity contribution < 1.29 is 14.6 Å². The number of aliphatic hydroxyl groups is 1. The smallest absolute Gasteiger partial charge is 0.161 e. The first-order valence-corrected chi connectivity index (χ1v) is 8.04. The molecule has 2 atom stereocenters. The fourth-order valence-electron chi connectivity index (χ4n) is 2.28. The maximum absolute atomic E-state index is 10.5. The van der Waals surface area contributed by atoms with Crippen LogP contribution >= 0.6 is 22.6 Å². The summed E-state index contributed by atoms with van der Waals surface area (Å²) >= 11 is 2.25. The van der Waals surface area contributed by atoms with E-state index in [1.54, 1.807) is 0 Å². The molecule has 0 bridgehead atoms. The average molecular weight is 396 g/mol. The molecule has 0 aliphatic carbocycles. The Morgan fingerprint density at radius 2 is 1.62 bits per heavy atom. The van der Waals surface area contributed by atoms with E-state index in [1.165, 1.54) is 0 Å². The molecule has 0 amide bonds. The van der Waals surface area contributed by atoms with Gasteiger partial charge in [-0.05, 0) is 58.0 Å². The third-order valence-electron chi connectivity index (χ3n) is 3.52. The Balaban J connectivity index is 1.88. The van der Waals surface area contributed by atoms with Gasteiger partial charge in [0.05, 0.1) is 13.2 Å². The van der Waals surface area contributed by atoms with Crippen molar-refractivity contribution in [3.63, 3.8) is 0 Å². The Kier molecular flexibility index (Phi) is 4.35. The van der Waals surface area contributed by atoms with Gasteiger partial charge in [-0.3, -0.25) is 0 Å². The number of benzene rings is 2. The second kappa shape index (κ2) is 6.23. The first kappa shape index (κ1) is 14.7. The van der Waals surface area contributed by atoms with Crippen LogP contribution < -0.4 is 9.47 Å². The molecular weight excluding hydrogens is 379 g/mol. The summed E-state index contributed by atoms with van der Waals surface area (Å²) in [6.07, 6.45) is -0.656. The number of rotatable bonds is 2. The van der Waals surface area contributed by atoms with E-state index >= 15 is 0 Å². The average Bonchev–Trinajstić information content (AvgIpc) is 2.69. The number of ether oxygens (including phenoxy) is 2. The molecule has 3 nitrogen and oxygen atoms in total. The molecule has 0 saturated carbocycles. The molecule has 2 aromatic carbocycles. The molecule has 4 heteroatoms. The number of hydrogen-bond donors (Lipinski definition) is 1. The van der Waals surface area contributed by atoms with Gasteiger partial charge in [0.25, 0.3) is 0 Å². The number of fused-ring (bicyclic) bond motifs is 1. The van der Waals surface area contributed by atoms with Crippen LogP contribution in [0.2, 0.25) is 0 Å². The lowest BCUT2D eigenvalue weighted by Crippen LogP contribution is -2.12. The minimum absolute atomic E-state index is 0.363. The Labute approximate surface area is 138 Å². The molecule has 3 rings (SSSR count). The van der Waals surface area contributed by atoms with Crippen molar-refractivity contribution in [2.45, 2.75) is 13.0 Å². The topological polar surface area (TPSA) is 38.7 Å². The van der Waals surface area contributed by atoms with Crippen LogP contribution in [0.1, 0.15) is 24.2 Å². The van der Waals surface area contributed by atoms with Gasteiger partial charge in [0.1, 0.15) is 6.10 Å². The van der Waals surface area contributed by atoms with Gasteiger partial charge in [-0.15, -0.1) is 0 Å². The highest BCUT2D eigenvalue weighted by molar-refractivity contribution is 14.1. The van der Waals surface area contributed by atoms with Crippen LogP contribution in [0.15, 0.2) is 42.5 Å². The van der Waals surface area contributed by atoms with Gasteiger partial charge < -0.3 is 14.6 Å². The van der Waals surface area contributed by atoms with E-state index < -0.39 is 6.10 Å². The second-order valence-electron chi connectivity index (χ2n) is 5.39. The lowest BCUT2D eigenvalue weighted by atomic mass is 10.0. The fraction of sp³-hybridized carbons (Fsp3) is 0.294. The highest BCUT2D eigenvalue weighted by atomic mass is 127. The van der Waals surface area contributed by atoms with E-state index in [1.807, 2.05) is 42.5 Å². The molecule has 1 aliphatic rings. The molecule has 2 aromatic rings. The number of halogens is 1. The summed E-state index contributed by atoms with van der Waals surface area (Å²) in [5, 5.41) is 10.5. The minimum atomic E-state index is -0.656. The molecule has 1 heterocycles. The SMILES string of the molecule is CC1COc2ccc(C(O)c3ccc(I)cc3)cc2OC1. The summed E-state index contributed by atoms with van der Waals surface area (Å²) in [7, 11) is 0. The zero-order valence-corrected chi connectivity index (χ0v) is 13.9. The first-order chi connectivity index (χ1) is 10.1. The van der Waals surface area contributed by atoms with E-state index in [-0.39, 0.29) is 0 Å². The molecular formula is C17H17IO3. The van der Waals surface area contributed by atoms with Crippen molar-refractivity contribution in [1.29, 1.82) is 0 Å². The second-order valence-corrected chi connectivity index (χ2v) is 6.63. The largest absolute Gasteiger partial charge is 0.489 e. The Bertz CT molecular complexity index is 624. The molecule has 0 spiro atoms. The molecule has 2 unspecified atom stereocenters. The van der Waals surface area contributed by atoms with Crippen LogP contribution in [0.4, 0.5) is 0 Å². The predicted octanol–water partition coefficient (Wildman–Crippen LogP) is 3.78. The summed E-state index contributed by atoms with van der Waals surface area (Å²) in [5.74, 6) is 1.82. The van der Waals surface area contributed by atoms with E-state index in [0.29, 0.717) is 24.9 Å². The minimum Gasteiger partial charge on any atom is -0.489 e. The van der Waals surface area contributed by atoms with Gasteiger partial charge in [-0.25, -0.2) is 0 Å².